The summed E-state index contributed by atoms with van der Waals surface area (Å²) in [5.74, 6) is 1.48. The molecule has 0 saturated heterocycles. The van der Waals surface area contributed by atoms with Gasteiger partial charge in [-0.25, -0.2) is 0 Å². The lowest BCUT2D eigenvalue weighted by Crippen LogP contribution is -2.36. The standard InChI is InChI=1S/C40H80N2O2/c1-10-11-12-13-14-15-16-17-18-19-20-21-22-23-24-27-37(43)41-30-25-26-31-42-38(44)36(35(3)33-40(7,8)9)29-28-34(2)32-39(4,5)6/h34-36H,10-33H2,1-9H3,(H,41,43)(H,42,44). The van der Waals surface area contributed by atoms with E-state index in [-0.39, 0.29) is 23.1 Å². The summed E-state index contributed by atoms with van der Waals surface area (Å²) >= 11 is 0. The predicted molar refractivity (Wildman–Crippen MR) is 194 cm³/mol. The van der Waals surface area contributed by atoms with Crippen molar-refractivity contribution in [3.63, 3.8) is 0 Å². The maximum atomic E-state index is 13.2. The van der Waals surface area contributed by atoms with Gasteiger partial charge in [-0.2, -0.15) is 0 Å². The number of carbonyl (C=O) groups excluding carboxylic acids is 2. The van der Waals surface area contributed by atoms with E-state index in [2.05, 4.69) is 72.9 Å². The summed E-state index contributed by atoms with van der Waals surface area (Å²) in [5, 5.41) is 6.33. The van der Waals surface area contributed by atoms with Crippen LogP contribution in [0.2, 0.25) is 0 Å². The Morgan fingerprint density at radius 1 is 0.545 bits per heavy atom. The molecule has 2 N–H and O–H groups in total. The Balaban J connectivity index is 3.95. The molecule has 0 aromatic carbocycles. The normalized spacial score (nSPS) is 14.3. The minimum Gasteiger partial charge on any atom is -0.356 e. The first-order valence-corrected chi connectivity index (χ1v) is 19.3. The molecule has 0 aromatic heterocycles. The molecule has 0 rings (SSSR count). The van der Waals surface area contributed by atoms with Gasteiger partial charge in [-0.3, -0.25) is 9.59 Å². The van der Waals surface area contributed by atoms with E-state index in [1.54, 1.807) is 0 Å². The second-order valence-electron chi connectivity index (χ2n) is 16.8. The molecule has 4 heteroatoms. The Kier molecular flexibility index (Phi) is 25.4. The summed E-state index contributed by atoms with van der Waals surface area (Å²) in [5.41, 5.74) is 0.551. The highest BCUT2D eigenvalue weighted by Gasteiger charge is 2.29. The maximum absolute atomic E-state index is 13.2. The van der Waals surface area contributed by atoms with Crippen molar-refractivity contribution in [1.29, 1.82) is 0 Å². The van der Waals surface area contributed by atoms with Crippen molar-refractivity contribution in [2.24, 2.45) is 28.6 Å². The van der Waals surface area contributed by atoms with E-state index in [9.17, 15) is 9.59 Å². The van der Waals surface area contributed by atoms with E-state index in [0.717, 1.165) is 38.5 Å². The monoisotopic (exact) mass is 621 g/mol. The molecule has 0 heterocycles. The summed E-state index contributed by atoms with van der Waals surface area (Å²) in [6.45, 7) is 22.0. The van der Waals surface area contributed by atoms with Crippen LogP contribution in [0.4, 0.5) is 0 Å². The molecule has 4 nitrogen and oxygen atoms in total. The molecule has 0 saturated carbocycles. The minimum absolute atomic E-state index is 0.0752. The second kappa shape index (κ2) is 26.1. The van der Waals surface area contributed by atoms with Gasteiger partial charge < -0.3 is 10.6 Å². The Morgan fingerprint density at radius 3 is 1.43 bits per heavy atom. The molecule has 2 amide bonds. The molecule has 0 bridgehead atoms. The third-order valence-corrected chi connectivity index (χ3v) is 9.12. The van der Waals surface area contributed by atoms with Crippen LogP contribution in [0.3, 0.4) is 0 Å². The van der Waals surface area contributed by atoms with Gasteiger partial charge in [0.25, 0.3) is 0 Å². The van der Waals surface area contributed by atoms with E-state index in [0.29, 0.717) is 36.8 Å². The fourth-order valence-corrected chi connectivity index (χ4v) is 6.96. The van der Waals surface area contributed by atoms with Crippen LogP contribution in [0.25, 0.3) is 0 Å². The molecule has 3 atom stereocenters. The number of unbranched alkanes of at least 4 members (excludes halogenated alkanes) is 15. The highest BCUT2D eigenvalue weighted by Crippen LogP contribution is 2.33. The molecular formula is C40H80N2O2. The number of carbonyl (C=O) groups is 2. The van der Waals surface area contributed by atoms with Gasteiger partial charge in [0.05, 0.1) is 0 Å². The van der Waals surface area contributed by atoms with E-state index in [4.69, 9.17) is 0 Å². The van der Waals surface area contributed by atoms with Gasteiger partial charge in [-0.15, -0.1) is 0 Å². The second-order valence-corrected chi connectivity index (χ2v) is 16.8. The minimum atomic E-state index is 0.0752. The molecule has 0 radical (unpaired) electrons. The van der Waals surface area contributed by atoms with E-state index in [1.807, 2.05) is 0 Å². The summed E-state index contributed by atoms with van der Waals surface area (Å²) in [6.07, 6.45) is 27.0. The van der Waals surface area contributed by atoms with Crippen molar-refractivity contribution >= 4 is 11.8 Å². The van der Waals surface area contributed by atoms with Crippen molar-refractivity contribution in [1.82, 2.24) is 10.6 Å². The third-order valence-electron chi connectivity index (χ3n) is 9.12. The fourth-order valence-electron chi connectivity index (χ4n) is 6.96. The first-order valence-electron chi connectivity index (χ1n) is 19.3. The Hall–Kier alpha value is -1.06. The average Bonchev–Trinajstić information content (AvgIpc) is 2.90. The SMILES string of the molecule is CCCCCCCCCCCCCCCCCC(=O)NCCCCNC(=O)C(CCC(C)CC(C)(C)C)C(C)CC(C)(C)C. The molecule has 0 spiro atoms. The first-order chi connectivity index (χ1) is 20.7. The van der Waals surface area contributed by atoms with Crippen LogP contribution >= 0.6 is 0 Å². The largest absolute Gasteiger partial charge is 0.356 e. The van der Waals surface area contributed by atoms with Crippen molar-refractivity contribution in [3.05, 3.63) is 0 Å². The van der Waals surface area contributed by atoms with Crippen LogP contribution in [-0.4, -0.2) is 24.9 Å². The zero-order valence-electron chi connectivity index (χ0n) is 31.5. The van der Waals surface area contributed by atoms with Crippen LogP contribution < -0.4 is 10.6 Å². The summed E-state index contributed by atoms with van der Waals surface area (Å²) in [4.78, 5) is 25.5. The highest BCUT2D eigenvalue weighted by molar-refractivity contribution is 5.78. The van der Waals surface area contributed by atoms with Crippen LogP contribution in [0.5, 0.6) is 0 Å². The average molecular weight is 621 g/mol. The first kappa shape index (κ1) is 42.9. The topological polar surface area (TPSA) is 58.2 Å². The van der Waals surface area contributed by atoms with Crippen molar-refractivity contribution in [2.45, 2.75) is 204 Å². The lowest BCUT2D eigenvalue weighted by atomic mass is 9.76. The van der Waals surface area contributed by atoms with Crippen molar-refractivity contribution < 1.29 is 9.59 Å². The van der Waals surface area contributed by atoms with E-state index < -0.39 is 0 Å². The maximum Gasteiger partial charge on any atom is 0.223 e. The lowest BCUT2D eigenvalue weighted by Gasteiger charge is -2.30. The van der Waals surface area contributed by atoms with Gasteiger partial charge in [0.1, 0.15) is 0 Å². The van der Waals surface area contributed by atoms with Gasteiger partial charge in [-0.1, -0.05) is 152 Å². The molecule has 0 aliphatic heterocycles. The molecule has 0 fully saturated rings. The van der Waals surface area contributed by atoms with Crippen molar-refractivity contribution in [2.75, 3.05) is 13.1 Å². The summed E-state index contributed by atoms with van der Waals surface area (Å²) < 4.78 is 0. The number of nitrogens with one attached hydrogen (secondary N) is 2. The van der Waals surface area contributed by atoms with Gasteiger partial charge in [0.2, 0.25) is 11.8 Å². The van der Waals surface area contributed by atoms with Crippen molar-refractivity contribution in [3.8, 4) is 0 Å². The highest BCUT2D eigenvalue weighted by atomic mass is 16.2. The third kappa shape index (κ3) is 28.4. The van der Waals surface area contributed by atoms with Crippen LogP contribution in [0, 0.1) is 28.6 Å². The molecular weight excluding hydrogens is 540 g/mol. The molecule has 0 aliphatic rings. The fraction of sp³-hybridized carbons (Fsp3) is 0.950. The van der Waals surface area contributed by atoms with E-state index in [1.165, 1.54) is 96.3 Å². The number of hydrogen-bond donors (Lipinski definition) is 2. The molecule has 3 unspecified atom stereocenters. The van der Waals surface area contributed by atoms with Gasteiger partial charge >= 0.3 is 0 Å². The quantitative estimate of drug-likeness (QED) is 0.0855. The number of hydrogen-bond acceptors (Lipinski definition) is 2. The van der Waals surface area contributed by atoms with E-state index >= 15 is 0 Å². The smallest absolute Gasteiger partial charge is 0.223 e. The molecule has 0 aromatic rings. The summed E-state index contributed by atoms with van der Waals surface area (Å²) in [7, 11) is 0. The van der Waals surface area contributed by atoms with Crippen LogP contribution in [0.15, 0.2) is 0 Å². The Morgan fingerprint density at radius 2 is 0.977 bits per heavy atom. The zero-order chi connectivity index (χ0) is 33.3. The zero-order valence-corrected chi connectivity index (χ0v) is 31.5. The van der Waals surface area contributed by atoms with Gasteiger partial charge in [0.15, 0.2) is 0 Å². The van der Waals surface area contributed by atoms with Gasteiger partial charge in [-0.05, 0) is 67.6 Å². The Labute approximate surface area is 276 Å². The Bertz CT molecular complexity index is 690. The molecule has 44 heavy (non-hydrogen) atoms. The molecule has 262 valence electrons. The number of rotatable bonds is 28. The molecule has 0 aliphatic carbocycles. The van der Waals surface area contributed by atoms with Crippen LogP contribution in [-0.2, 0) is 9.59 Å². The van der Waals surface area contributed by atoms with Gasteiger partial charge in [0, 0.05) is 25.4 Å². The summed E-state index contributed by atoms with van der Waals surface area (Å²) in [6, 6.07) is 0. The van der Waals surface area contributed by atoms with Crippen LogP contribution in [0.1, 0.15) is 204 Å². The number of amides is 2. The predicted octanol–water partition coefficient (Wildman–Crippen LogP) is 11.8. The lowest BCUT2D eigenvalue weighted by molar-refractivity contribution is -0.127.